The molecule has 2 unspecified atom stereocenters. The number of rotatable bonds is 5. The quantitative estimate of drug-likeness (QED) is 0.473. The molecule has 1 aliphatic carbocycles. The van der Waals surface area contributed by atoms with Gasteiger partial charge in [-0.15, -0.1) is 0 Å². The fourth-order valence-corrected chi connectivity index (χ4v) is 3.56. The molecule has 1 aromatic heterocycles. The SMILES string of the molecule is N#Cc1cccc(C(=O)OC2C=CC(n3ccc(=O)n(Cc4ccccc4)c3=O)C2)c1. The second-order valence-corrected chi connectivity index (χ2v) is 7.24. The maximum atomic E-state index is 13.0. The molecule has 7 heteroatoms. The number of carbonyl (C=O) groups is 1. The number of nitrogens with zero attached hydrogens (tertiary/aromatic N) is 3. The van der Waals surface area contributed by atoms with Gasteiger partial charge >= 0.3 is 11.7 Å². The predicted molar refractivity (Wildman–Crippen MR) is 114 cm³/mol. The Kier molecular flexibility index (Phi) is 5.63. The standard InChI is InChI=1S/C24H19N3O4/c25-15-18-7-4-8-19(13-18)23(29)31-21-10-9-20(14-21)26-12-11-22(28)27(24(26)30)16-17-5-2-1-3-6-17/h1-13,20-21H,14,16H2. The van der Waals surface area contributed by atoms with E-state index < -0.39 is 17.8 Å². The Hall–Kier alpha value is -4.18. The maximum Gasteiger partial charge on any atom is 0.338 e. The zero-order valence-electron chi connectivity index (χ0n) is 16.5. The van der Waals surface area contributed by atoms with Crippen LogP contribution in [0.5, 0.6) is 0 Å². The van der Waals surface area contributed by atoms with Crippen LogP contribution in [0.15, 0.2) is 88.6 Å². The summed E-state index contributed by atoms with van der Waals surface area (Å²) in [5, 5.41) is 8.98. The average molecular weight is 413 g/mol. The third kappa shape index (κ3) is 4.38. The second-order valence-electron chi connectivity index (χ2n) is 7.24. The van der Waals surface area contributed by atoms with Crippen molar-refractivity contribution in [2.45, 2.75) is 25.1 Å². The lowest BCUT2D eigenvalue weighted by Crippen LogP contribution is -2.40. The average Bonchev–Trinajstić information content (AvgIpc) is 3.25. The molecule has 154 valence electrons. The van der Waals surface area contributed by atoms with Gasteiger partial charge < -0.3 is 4.74 Å². The summed E-state index contributed by atoms with van der Waals surface area (Å²) in [4.78, 5) is 37.6. The van der Waals surface area contributed by atoms with Gasteiger partial charge in [0.05, 0.1) is 29.8 Å². The Morgan fingerprint density at radius 1 is 1.06 bits per heavy atom. The van der Waals surface area contributed by atoms with E-state index in [9.17, 15) is 14.4 Å². The first kappa shape index (κ1) is 20.1. The molecule has 4 rings (SSSR count). The summed E-state index contributed by atoms with van der Waals surface area (Å²) in [5.74, 6) is -0.534. The van der Waals surface area contributed by atoms with E-state index in [0.717, 1.165) is 5.56 Å². The Labute approximate surface area is 178 Å². The molecule has 1 heterocycles. The number of nitriles is 1. The van der Waals surface area contributed by atoms with Gasteiger partial charge in [0.25, 0.3) is 5.56 Å². The van der Waals surface area contributed by atoms with Crippen molar-refractivity contribution in [2.75, 3.05) is 0 Å². The molecule has 3 aromatic rings. The largest absolute Gasteiger partial charge is 0.454 e. The van der Waals surface area contributed by atoms with Crippen molar-refractivity contribution >= 4 is 5.97 Å². The molecule has 0 N–H and O–H groups in total. The van der Waals surface area contributed by atoms with Crippen LogP contribution in [0.25, 0.3) is 0 Å². The van der Waals surface area contributed by atoms with Crippen LogP contribution in [0, 0.1) is 11.3 Å². The fraction of sp³-hybridized carbons (Fsp3) is 0.167. The summed E-state index contributed by atoms with van der Waals surface area (Å²) in [5.41, 5.74) is 0.742. The van der Waals surface area contributed by atoms with Gasteiger partial charge in [-0.25, -0.2) is 9.59 Å². The van der Waals surface area contributed by atoms with Gasteiger partial charge in [0.1, 0.15) is 6.10 Å². The van der Waals surface area contributed by atoms with E-state index >= 15 is 0 Å². The van der Waals surface area contributed by atoms with Crippen LogP contribution in [0.2, 0.25) is 0 Å². The van der Waals surface area contributed by atoms with Gasteiger partial charge in [-0.2, -0.15) is 5.26 Å². The van der Waals surface area contributed by atoms with E-state index in [1.807, 2.05) is 36.4 Å². The normalized spacial score (nSPS) is 17.3. The molecule has 0 saturated heterocycles. The molecule has 0 spiro atoms. The third-order valence-corrected chi connectivity index (χ3v) is 5.14. The number of ether oxygens (including phenoxy) is 1. The summed E-state index contributed by atoms with van der Waals surface area (Å²) < 4.78 is 8.19. The molecule has 0 saturated carbocycles. The number of hydrogen-bond acceptors (Lipinski definition) is 5. The highest BCUT2D eigenvalue weighted by Gasteiger charge is 2.25. The number of aromatic nitrogens is 2. The van der Waals surface area contributed by atoms with Crippen molar-refractivity contribution in [3.63, 3.8) is 0 Å². The van der Waals surface area contributed by atoms with Gasteiger partial charge in [0.15, 0.2) is 0 Å². The lowest BCUT2D eigenvalue weighted by atomic mass is 10.1. The molecule has 0 radical (unpaired) electrons. The first-order valence-electron chi connectivity index (χ1n) is 9.80. The summed E-state index contributed by atoms with van der Waals surface area (Å²) in [7, 11) is 0. The third-order valence-electron chi connectivity index (χ3n) is 5.14. The number of carbonyl (C=O) groups excluding carboxylic acids is 1. The highest BCUT2D eigenvalue weighted by atomic mass is 16.5. The van der Waals surface area contributed by atoms with Crippen LogP contribution in [0.4, 0.5) is 0 Å². The van der Waals surface area contributed by atoms with E-state index in [0.29, 0.717) is 17.5 Å². The summed E-state index contributed by atoms with van der Waals surface area (Å²) >= 11 is 0. The Morgan fingerprint density at radius 2 is 1.87 bits per heavy atom. The van der Waals surface area contributed by atoms with E-state index in [1.54, 1.807) is 30.4 Å². The van der Waals surface area contributed by atoms with Gasteiger partial charge in [-0.3, -0.25) is 13.9 Å². The molecule has 1 aliphatic rings. The minimum Gasteiger partial charge on any atom is -0.454 e. The Balaban J connectivity index is 1.49. The van der Waals surface area contributed by atoms with Crippen LogP contribution in [0.1, 0.15) is 33.9 Å². The highest BCUT2D eigenvalue weighted by Crippen LogP contribution is 2.24. The van der Waals surface area contributed by atoms with Crippen molar-refractivity contribution in [1.82, 2.24) is 9.13 Å². The van der Waals surface area contributed by atoms with Gasteiger partial charge in [-0.05, 0) is 29.8 Å². The molecule has 31 heavy (non-hydrogen) atoms. The van der Waals surface area contributed by atoms with E-state index in [4.69, 9.17) is 10.00 Å². The summed E-state index contributed by atoms with van der Waals surface area (Å²) in [6, 6.07) is 18.6. The number of hydrogen-bond donors (Lipinski definition) is 0. The lowest BCUT2D eigenvalue weighted by Gasteiger charge is -2.17. The van der Waals surface area contributed by atoms with Crippen molar-refractivity contribution in [3.05, 3.63) is 117 Å². The van der Waals surface area contributed by atoms with Crippen molar-refractivity contribution < 1.29 is 9.53 Å². The van der Waals surface area contributed by atoms with E-state index in [2.05, 4.69) is 0 Å². The minimum absolute atomic E-state index is 0.184. The zero-order chi connectivity index (χ0) is 21.8. The van der Waals surface area contributed by atoms with Gasteiger partial charge in [-0.1, -0.05) is 42.5 Å². The molecule has 7 nitrogen and oxygen atoms in total. The number of allylic oxidation sites excluding steroid dienone is 1. The number of benzene rings is 2. The Morgan fingerprint density at radius 3 is 2.65 bits per heavy atom. The minimum atomic E-state index is -0.534. The van der Waals surface area contributed by atoms with Crippen molar-refractivity contribution in [1.29, 1.82) is 5.26 Å². The van der Waals surface area contributed by atoms with Gasteiger partial charge in [0.2, 0.25) is 0 Å². The number of esters is 1. The molecular formula is C24H19N3O4. The first-order chi connectivity index (χ1) is 15.0. The van der Waals surface area contributed by atoms with Crippen molar-refractivity contribution in [2.24, 2.45) is 0 Å². The van der Waals surface area contributed by atoms with Crippen LogP contribution in [-0.4, -0.2) is 21.2 Å². The maximum absolute atomic E-state index is 13.0. The van der Waals surface area contributed by atoms with Crippen LogP contribution < -0.4 is 11.2 Å². The molecule has 0 aliphatic heterocycles. The fourth-order valence-electron chi connectivity index (χ4n) is 3.56. The Bertz CT molecular complexity index is 1300. The monoisotopic (exact) mass is 413 g/mol. The van der Waals surface area contributed by atoms with Gasteiger partial charge in [0, 0.05) is 18.7 Å². The van der Waals surface area contributed by atoms with Crippen LogP contribution >= 0.6 is 0 Å². The molecule has 0 bridgehead atoms. The predicted octanol–water partition coefficient (Wildman–Crippen LogP) is 2.66. The highest BCUT2D eigenvalue weighted by molar-refractivity contribution is 5.90. The van der Waals surface area contributed by atoms with Crippen LogP contribution in [0.3, 0.4) is 0 Å². The smallest absolute Gasteiger partial charge is 0.338 e. The first-order valence-corrected chi connectivity index (χ1v) is 9.80. The summed E-state index contributed by atoms with van der Waals surface area (Å²) in [6.07, 6.45) is 4.87. The van der Waals surface area contributed by atoms with Crippen molar-refractivity contribution in [3.8, 4) is 6.07 Å². The second kappa shape index (κ2) is 8.67. The molecule has 2 atom stereocenters. The lowest BCUT2D eigenvalue weighted by molar-refractivity contribution is 0.0382. The molecule has 0 amide bonds. The molecular weight excluding hydrogens is 394 g/mol. The molecule has 0 fully saturated rings. The summed E-state index contributed by atoms with van der Waals surface area (Å²) in [6.45, 7) is 0.184. The van der Waals surface area contributed by atoms with E-state index in [1.165, 1.54) is 27.5 Å². The van der Waals surface area contributed by atoms with Crippen LogP contribution in [-0.2, 0) is 11.3 Å². The zero-order valence-corrected chi connectivity index (χ0v) is 16.5. The molecule has 2 aromatic carbocycles. The van der Waals surface area contributed by atoms with E-state index in [-0.39, 0.29) is 18.1 Å². The topological polar surface area (TPSA) is 94.1 Å².